The number of benzene rings is 3. The first-order chi connectivity index (χ1) is 11.3. The van der Waals surface area contributed by atoms with Gasteiger partial charge in [0, 0.05) is 5.56 Å². The number of ether oxygens (including phenoxy) is 2. The van der Waals surface area contributed by atoms with Gasteiger partial charge in [0.2, 0.25) is 5.90 Å². The van der Waals surface area contributed by atoms with Crippen molar-refractivity contribution in [1.29, 1.82) is 0 Å². The van der Waals surface area contributed by atoms with E-state index in [4.69, 9.17) is 14.5 Å². The Kier molecular flexibility index (Phi) is 3.46. The van der Waals surface area contributed by atoms with Gasteiger partial charge in [0.15, 0.2) is 0 Å². The number of methoxy groups -OCH3 is 1. The number of hydrogen-bond donors (Lipinski definition) is 0. The van der Waals surface area contributed by atoms with E-state index < -0.39 is 0 Å². The van der Waals surface area contributed by atoms with Gasteiger partial charge in [-0.1, -0.05) is 48.5 Å². The van der Waals surface area contributed by atoms with Gasteiger partial charge < -0.3 is 9.47 Å². The predicted molar refractivity (Wildman–Crippen MR) is 92.2 cm³/mol. The zero-order chi connectivity index (χ0) is 15.6. The largest absolute Gasteiger partial charge is 0.497 e. The molecule has 23 heavy (non-hydrogen) atoms. The summed E-state index contributed by atoms with van der Waals surface area (Å²) < 4.78 is 11.1. The lowest BCUT2D eigenvalue weighted by atomic mass is 10.0. The van der Waals surface area contributed by atoms with Crippen LogP contribution in [0.1, 0.15) is 17.2 Å². The molecule has 1 aliphatic heterocycles. The van der Waals surface area contributed by atoms with Gasteiger partial charge in [-0.25, -0.2) is 4.99 Å². The average molecular weight is 303 g/mol. The van der Waals surface area contributed by atoms with E-state index in [0.717, 1.165) is 22.8 Å². The molecule has 0 saturated heterocycles. The molecule has 3 nitrogen and oxygen atoms in total. The fraction of sp³-hybridized carbons (Fsp3) is 0.150. The summed E-state index contributed by atoms with van der Waals surface area (Å²) in [4.78, 5) is 4.79. The van der Waals surface area contributed by atoms with E-state index in [1.165, 1.54) is 10.8 Å². The summed E-state index contributed by atoms with van der Waals surface area (Å²) in [6.45, 7) is 0.574. The highest BCUT2D eigenvalue weighted by atomic mass is 16.5. The first-order valence-electron chi connectivity index (χ1n) is 7.68. The van der Waals surface area contributed by atoms with Crippen LogP contribution in [0, 0.1) is 0 Å². The van der Waals surface area contributed by atoms with E-state index in [9.17, 15) is 0 Å². The smallest absolute Gasteiger partial charge is 0.217 e. The van der Waals surface area contributed by atoms with Crippen LogP contribution in [0.3, 0.4) is 0 Å². The second-order valence-electron chi connectivity index (χ2n) is 5.56. The quantitative estimate of drug-likeness (QED) is 0.719. The zero-order valence-electron chi connectivity index (χ0n) is 12.9. The molecule has 0 radical (unpaired) electrons. The van der Waals surface area contributed by atoms with Crippen LogP contribution in [0.4, 0.5) is 0 Å². The molecule has 0 bridgehead atoms. The second kappa shape index (κ2) is 5.76. The van der Waals surface area contributed by atoms with E-state index >= 15 is 0 Å². The summed E-state index contributed by atoms with van der Waals surface area (Å²) in [7, 11) is 1.67. The summed E-state index contributed by atoms with van der Waals surface area (Å²) in [6.07, 6.45) is 0. The third-order valence-electron chi connectivity index (χ3n) is 4.17. The third-order valence-corrected chi connectivity index (χ3v) is 4.17. The second-order valence-corrected chi connectivity index (χ2v) is 5.56. The van der Waals surface area contributed by atoms with E-state index in [0.29, 0.717) is 6.61 Å². The minimum absolute atomic E-state index is 0.0369. The van der Waals surface area contributed by atoms with Gasteiger partial charge in [-0.05, 0) is 34.5 Å². The van der Waals surface area contributed by atoms with Crippen LogP contribution in [-0.2, 0) is 4.74 Å². The topological polar surface area (TPSA) is 30.8 Å². The van der Waals surface area contributed by atoms with Crippen molar-refractivity contribution in [2.75, 3.05) is 13.7 Å². The van der Waals surface area contributed by atoms with Crippen LogP contribution in [-0.4, -0.2) is 19.6 Å². The molecular formula is C20H17NO2. The molecule has 0 aromatic heterocycles. The van der Waals surface area contributed by atoms with Crippen LogP contribution in [0.25, 0.3) is 10.8 Å². The lowest BCUT2D eigenvalue weighted by molar-refractivity contribution is 0.320. The van der Waals surface area contributed by atoms with Gasteiger partial charge in [-0.15, -0.1) is 0 Å². The monoisotopic (exact) mass is 303 g/mol. The van der Waals surface area contributed by atoms with Crippen molar-refractivity contribution >= 4 is 16.7 Å². The highest BCUT2D eigenvalue weighted by Gasteiger charge is 2.22. The lowest BCUT2D eigenvalue weighted by Gasteiger charge is -2.06. The maximum Gasteiger partial charge on any atom is 0.217 e. The fourth-order valence-corrected chi connectivity index (χ4v) is 2.93. The minimum Gasteiger partial charge on any atom is -0.497 e. The summed E-state index contributed by atoms with van der Waals surface area (Å²) >= 11 is 0. The predicted octanol–water partition coefficient (Wildman–Crippen LogP) is 4.37. The van der Waals surface area contributed by atoms with Crippen molar-refractivity contribution in [3.63, 3.8) is 0 Å². The van der Waals surface area contributed by atoms with Crippen LogP contribution in [0.2, 0.25) is 0 Å². The van der Waals surface area contributed by atoms with Gasteiger partial charge in [-0.2, -0.15) is 0 Å². The van der Waals surface area contributed by atoms with E-state index in [-0.39, 0.29) is 6.04 Å². The molecule has 0 amide bonds. The number of aliphatic imine (C=N–C) groups is 1. The maximum absolute atomic E-state index is 5.89. The Morgan fingerprint density at radius 2 is 1.74 bits per heavy atom. The normalized spacial score (nSPS) is 16.9. The fourth-order valence-electron chi connectivity index (χ4n) is 2.93. The molecule has 3 aromatic carbocycles. The molecule has 3 aromatic rings. The van der Waals surface area contributed by atoms with Gasteiger partial charge >= 0.3 is 0 Å². The molecule has 1 atom stereocenters. The van der Waals surface area contributed by atoms with Crippen LogP contribution in [0.15, 0.2) is 71.7 Å². The molecule has 4 rings (SSSR count). The Balaban J connectivity index is 1.69. The Hall–Kier alpha value is -2.81. The highest BCUT2D eigenvalue weighted by molar-refractivity contribution is 6.07. The number of hydrogen-bond acceptors (Lipinski definition) is 3. The average Bonchev–Trinajstić information content (AvgIpc) is 3.11. The molecule has 0 aliphatic carbocycles. The van der Waals surface area contributed by atoms with Gasteiger partial charge in [0.1, 0.15) is 18.4 Å². The van der Waals surface area contributed by atoms with E-state index in [2.05, 4.69) is 24.3 Å². The molecule has 0 saturated carbocycles. The first-order valence-corrected chi connectivity index (χ1v) is 7.68. The van der Waals surface area contributed by atoms with Crippen molar-refractivity contribution in [1.82, 2.24) is 0 Å². The molecule has 0 spiro atoms. The van der Waals surface area contributed by atoms with Crippen LogP contribution in [0.5, 0.6) is 5.75 Å². The highest BCUT2D eigenvalue weighted by Crippen LogP contribution is 2.29. The molecular weight excluding hydrogens is 286 g/mol. The zero-order valence-corrected chi connectivity index (χ0v) is 12.9. The first kappa shape index (κ1) is 13.8. The SMILES string of the molecule is COc1ccc([C@@H]2COC(c3cccc4ccccc34)=N2)cc1. The van der Waals surface area contributed by atoms with Gasteiger partial charge in [-0.3, -0.25) is 0 Å². The van der Waals surface area contributed by atoms with Crippen molar-refractivity contribution < 1.29 is 9.47 Å². The lowest BCUT2D eigenvalue weighted by Crippen LogP contribution is -2.02. The Labute approximate surface area is 135 Å². The van der Waals surface area contributed by atoms with E-state index in [1.807, 2.05) is 42.5 Å². The standard InChI is InChI=1S/C20H17NO2/c1-22-16-11-9-15(10-12-16)19-13-23-20(21-19)18-8-4-6-14-5-2-3-7-17(14)18/h2-12,19H,13H2,1H3/t19-/m0/s1. The number of fused-ring (bicyclic) bond motifs is 1. The molecule has 0 unspecified atom stereocenters. The maximum atomic E-state index is 5.89. The third kappa shape index (κ3) is 2.55. The van der Waals surface area contributed by atoms with E-state index in [1.54, 1.807) is 7.11 Å². The van der Waals surface area contributed by atoms with Crippen LogP contribution < -0.4 is 4.74 Å². The molecule has 0 N–H and O–H groups in total. The minimum atomic E-state index is 0.0369. The molecule has 1 heterocycles. The summed E-state index contributed by atoms with van der Waals surface area (Å²) in [5, 5.41) is 2.37. The summed E-state index contributed by atoms with van der Waals surface area (Å²) in [5.74, 6) is 1.58. The molecule has 0 fully saturated rings. The van der Waals surface area contributed by atoms with Gasteiger partial charge in [0.05, 0.1) is 7.11 Å². The number of rotatable bonds is 3. The van der Waals surface area contributed by atoms with Crippen LogP contribution >= 0.6 is 0 Å². The molecule has 114 valence electrons. The molecule has 1 aliphatic rings. The van der Waals surface area contributed by atoms with Crippen molar-refractivity contribution in [3.8, 4) is 5.75 Å². The summed E-state index contributed by atoms with van der Waals surface area (Å²) in [6, 6.07) is 22.6. The Morgan fingerprint density at radius 3 is 2.57 bits per heavy atom. The Morgan fingerprint density at radius 1 is 0.957 bits per heavy atom. The van der Waals surface area contributed by atoms with Crippen molar-refractivity contribution in [3.05, 3.63) is 77.9 Å². The Bertz CT molecular complexity index is 863. The van der Waals surface area contributed by atoms with Gasteiger partial charge in [0.25, 0.3) is 0 Å². The molecule has 3 heteroatoms. The van der Waals surface area contributed by atoms with Crippen molar-refractivity contribution in [2.24, 2.45) is 4.99 Å². The van der Waals surface area contributed by atoms with Crippen molar-refractivity contribution in [2.45, 2.75) is 6.04 Å². The number of nitrogens with zero attached hydrogens (tertiary/aromatic N) is 1. The summed E-state index contributed by atoms with van der Waals surface area (Å²) in [5.41, 5.74) is 2.19.